The maximum Gasteiger partial charge on any atom is 0.229 e. The van der Waals surface area contributed by atoms with Crippen molar-refractivity contribution >= 4 is 5.78 Å². The molecule has 0 bridgehead atoms. The summed E-state index contributed by atoms with van der Waals surface area (Å²) in [6.45, 7) is 0.964. The Morgan fingerprint density at radius 3 is 2.16 bits per heavy atom. The lowest BCUT2D eigenvalue weighted by Gasteiger charge is -2.42. The molecule has 0 aromatic heterocycles. The number of rotatable bonds is 7. The summed E-state index contributed by atoms with van der Waals surface area (Å²) in [6.07, 6.45) is -15.9. The standard InChI is InChI=1S/C28H34O15.CH4O/c1-10-21(32)23(34)25(36)27(40-10)39-9-19-22(33)24(35)26(37)28(43-19)41-12-6-14(30)20-15(31)8-17(42-18(20)7-12)11-3-4-16(38-2)13(29)5-11;1-2/h3-7,10,17,19,21-30,32-37H,8-9H2,1-2H3;2H,1H3/t10-,17-,19+,21-,22+,23+,24-,25+,26+,27+,28+;/m0./s1. The van der Waals surface area contributed by atoms with E-state index in [1.54, 1.807) is 6.07 Å². The Bertz CT molecular complexity index is 1320. The minimum Gasteiger partial charge on any atom is -0.507 e. The molecule has 250 valence electrons. The van der Waals surface area contributed by atoms with Crippen LogP contribution in [0.5, 0.6) is 28.7 Å². The number of hydrogen-bond donors (Lipinski definition) is 9. The van der Waals surface area contributed by atoms with E-state index in [0.29, 0.717) is 5.56 Å². The molecule has 2 saturated heterocycles. The second-order valence-corrected chi connectivity index (χ2v) is 10.6. The number of fused-ring (bicyclic) bond motifs is 1. The molecule has 2 aromatic carbocycles. The van der Waals surface area contributed by atoms with Gasteiger partial charge in [0.25, 0.3) is 0 Å². The number of aliphatic hydroxyl groups is 7. The highest BCUT2D eigenvalue weighted by molar-refractivity contribution is 6.02. The van der Waals surface area contributed by atoms with Crippen LogP contribution in [0.1, 0.15) is 35.4 Å². The van der Waals surface area contributed by atoms with Crippen molar-refractivity contribution in [2.45, 2.75) is 80.9 Å². The first-order chi connectivity index (χ1) is 21.4. The molecule has 2 aromatic rings. The average molecular weight is 643 g/mol. The van der Waals surface area contributed by atoms with Crippen LogP contribution < -0.4 is 14.2 Å². The summed E-state index contributed by atoms with van der Waals surface area (Å²) in [4.78, 5) is 12.9. The second-order valence-electron chi connectivity index (χ2n) is 10.6. The predicted molar refractivity (Wildman–Crippen MR) is 149 cm³/mol. The van der Waals surface area contributed by atoms with Crippen molar-refractivity contribution in [3.63, 3.8) is 0 Å². The number of aliphatic hydroxyl groups excluding tert-OH is 7. The van der Waals surface area contributed by atoms with E-state index < -0.39 is 85.7 Å². The van der Waals surface area contributed by atoms with Crippen molar-refractivity contribution in [2.24, 2.45) is 0 Å². The highest BCUT2D eigenvalue weighted by Gasteiger charge is 2.47. The number of carbonyl (C=O) groups is 1. The molecule has 5 rings (SSSR count). The van der Waals surface area contributed by atoms with Gasteiger partial charge in [0.15, 0.2) is 23.6 Å². The lowest BCUT2D eigenvalue weighted by atomic mass is 9.95. The van der Waals surface area contributed by atoms with Crippen LogP contribution in [0.3, 0.4) is 0 Å². The highest BCUT2D eigenvalue weighted by atomic mass is 16.7. The third-order valence-electron chi connectivity index (χ3n) is 7.70. The number of aromatic hydroxyl groups is 2. The number of Topliss-reactive ketones (excluding diaryl/α,β-unsaturated/α-hetero) is 1. The van der Waals surface area contributed by atoms with Crippen LogP contribution >= 0.6 is 0 Å². The fourth-order valence-corrected chi connectivity index (χ4v) is 5.20. The van der Waals surface area contributed by atoms with Gasteiger partial charge < -0.3 is 74.4 Å². The van der Waals surface area contributed by atoms with Gasteiger partial charge in [0.2, 0.25) is 6.29 Å². The normalized spacial score (nSPS) is 34.5. The molecule has 0 radical (unpaired) electrons. The minimum atomic E-state index is -1.77. The molecule has 45 heavy (non-hydrogen) atoms. The molecular formula is C29H38O16. The molecule has 2 fully saturated rings. The van der Waals surface area contributed by atoms with Crippen LogP contribution in [-0.4, -0.2) is 134 Å². The van der Waals surface area contributed by atoms with E-state index in [4.69, 9.17) is 33.5 Å². The summed E-state index contributed by atoms with van der Waals surface area (Å²) in [5.41, 5.74) is 0.373. The van der Waals surface area contributed by atoms with E-state index in [-0.39, 0.29) is 35.0 Å². The SMILES string of the molecule is CO.COc1ccc([C@@H]2CC(=O)c3c(O)cc(O[C@@H]4O[C@H](CO[C@@H]5O[C@@H](C)[C@H](O)[C@@H](O)[C@H]5O)[C@@H](O)[C@H](O)[C@H]4O)cc3O2)cc1O. The lowest BCUT2D eigenvalue weighted by molar-refractivity contribution is -0.318. The maximum absolute atomic E-state index is 12.9. The largest absolute Gasteiger partial charge is 0.507 e. The summed E-state index contributed by atoms with van der Waals surface area (Å²) in [7, 11) is 2.39. The highest BCUT2D eigenvalue weighted by Crippen LogP contribution is 2.43. The molecule has 16 nitrogen and oxygen atoms in total. The first-order valence-corrected chi connectivity index (χ1v) is 14.0. The van der Waals surface area contributed by atoms with Crippen LogP contribution in [0, 0.1) is 0 Å². The van der Waals surface area contributed by atoms with Gasteiger partial charge in [0, 0.05) is 19.2 Å². The monoisotopic (exact) mass is 642 g/mol. The molecule has 0 unspecified atom stereocenters. The van der Waals surface area contributed by atoms with Crippen LogP contribution in [0.2, 0.25) is 0 Å². The van der Waals surface area contributed by atoms with Crippen molar-refractivity contribution < 1.29 is 79.2 Å². The summed E-state index contributed by atoms with van der Waals surface area (Å²) in [5.74, 6) is -0.999. The number of hydrogen-bond acceptors (Lipinski definition) is 16. The van der Waals surface area contributed by atoms with Crippen LogP contribution in [-0.2, 0) is 14.2 Å². The van der Waals surface area contributed by atoms with Gasteiger partial charge in [-0.2, -0.15) is 0 Å². The summed E-state index contributed by atoms with van der Waals surface area (Å²) in [6, 6.07) is 6.90. The van der Waals surface area contributed by atoms with E-state index in [2.05, 4.69) is 0 Å². The first-order valence-electron chi connectivity index (χ1n) is 14.0. The van der Waals surface area contributed by atoms with E-state index in [1.165, 1.54) is 32.2 Å². The number of ether oxygens (including phenoxy) is 6. The Kier molecular flexibility index (Phi) is 11.1. The van der Waals surface area contributed by atoms with Gasteiger partial charge in [-0.25, -0.2) is 0 Å². The lowest BCUT2D eigenvalue weighted by Crippen LogP contribution is -2.61. The smallest absolute Gasteiger partial charge is 0.229 e. The van der Waals surface area contributed by atoms with E-state index in [0.717, 1.165) is 13.2 Å². The summed E-state index contributed by atoms with van der Waals surface area (Å²) in [5, 5.41) is 89.2. The molecular weight excluding hydrogens is 604 g/mol. The quantitative estimate of drug-likeness (QED) is 0.166. The zero-order chi connectivity index (χ0) is 33.2. The van der Waals surface area contributed by atoms with Gasteiger partial charge in [-0.05, 0) is 24.6 Å². The van der Waals surface area contributed by atoms with Crippen molar-refractivity contribution in [1.29, 1.82) is 0 Å². The molecule has 3 aliphatic heterocycles. The predicted octanol–water partition coefficient (Wildman–Crippen LogP) is -1.55. The molecule has 0 amide bonds. The Hall–Kier alpha value is -3.29. The molecule has 9 N–H and O–H groups in total. The average Bonchev–Trinajstić information content (AvgIpc) is 3.02. The van der Waals surface area contributed by atoms with Gasteiger partial charge in [-0.1, -0.05) is 6.07 Å². The van der Waals surface area contributed by atoms with Crippen molar-refractivity contribution in [1.82, 2.24) is 0 Å². The van der Waals surface area contributed by atoms with E-state index >= 15 is 0 Å². The zero-order valence-electron chi connectivity index (χ0n) is 24.5. The van der Waals surface area contributed by atoms with Gasteiger partial charge >= 0.3 is 0 Å². The van der Waals surface area contributed by atoms with Crippen LogP contribution in [0.4, 0.5) is 0 Å². The number of carbonyl (C=O) groups excluding carboxylic acids is 1. The topological polar surface area (TPSA) is 255 Å². The molecule has 11 atom stereocenters. The fraction of sp³-hybridized carbons (Fsp3) is 0.552. The number of phenols is 2. The maximum atomic E-state index is 12.9. The number of benzene rings is 2. The van der Waals surface area contributed by atoms with Crippen molar-refractivity contribution in [2.75, 3.05) is 20.8 Å². The van der Waals surface area contributed by atoms with Gasteiger partial charge in [0.1, 0.15) is 71.6 Å². The van der Waals surface area contributed by atoms with E-state index in [1.807, 2.05) is 0 Å². The molecule has 3 aliphatic rings. The zero-order valence-corrected chi connectivity index (χ0v) is 24.5. The molecule has 0 spiro atoms. The first kappa shape index (κ1) is 34.6. The Labute approximate surface area is 257 Å². The number of phenolic OH excluding ortho intramolecular Hbond substituents is 2. The second kappa shape index (κ2) is 14.4. The number of methoxy groups -OCH3 is 1. The Morgan fingerprint density at radius 2 is 1.49 bits per heavy atom. The molecule has 0 saturated carbocycles. The van der Waals surface area contributed by atoms with Gasteiger partial charge in [0.05, 0.1) is 26.2 Å². The summed E-state index contributed by atoms with van der Waals surface area (Å²) >= 11 is 0. The Balaban J connectivity index is 0.00000226. The van der Waals surface area contributed by atoms with Gasteiger partial charge in [-0.3, -0.25) is 4.79 Å². The summed E-state index contributed by atoms with van der Waals surface area (Å²) < 4.78 is 33.1. The van der Waals surface area contributed by atoms with Crippen molar-refractivity contribution in [3.05, 3.63) is 41.5 Å². The fourth-order valence-electron chi connectivity index (χ4n) is 5.20. The Morgan fingerprint density at radius 1 is 0.822 bits per heavy atom. The number of ketones is 1. The van der Waals surface area contributed by atoms with Crippen LogP contribution in [0.25, 0.3) is 0 Å². The van der Waals surface area contributed by atoms with Crippen molar-refractivity contribution in [3.8, 4) is 28.7 Å². The van der Waals surface area contributed by atoms with Gasteiger partial charge in [-0.15, -0.1) is 0 Å². The third-order valence-corrected chi connectivity index (χ3v) is 7.70. The minimum absolute atomic E-state index is 0.0457. The molecule has 0 aliphatic carbocycles. The third kappa shape index (κ3) is 7.10. The molecule has 3 heterocycles. The molecule has 16 heteroatoms. The van der Waals surface area contributed by atoms with E-state index in [9.17, 15) is 45.6 Å². The van der Waals surface area contributed by atoms with Crippen LogP contribution in [0.15, 0.2) is 30.3 Å².